The summed E-state index contributed by atoms with van der Waals surface area (Å²) in [6.45, 7) is 2.28. The Labute approximate surface area is 125 Å². The molecule has 0 N–H and O–H groups in total. The molecule has 1 unspecified atom stereocenters. The third-order valence-electron chi connectivity index (χ3n) is 3.17. The summed E-state index contributed by atoms with van der Waals surface area (Å²) in [5, 5.41) is 4.09. The lowest BCUT2D eigenvalue weighted by Gasteiger charge is -2.10. The van der Waals surface area contributed by atoms with Gasteiger partial charge in [-0.25, -0.2) is 4.68 Å². The number of aromatic nitrogens is 2. The van der Waals surface area contributed by atoms with Crippen molar-refractivity contribution in [2.24, 2.45) is 0 Å². The number of nitrogens with zero attached hydrogens (tertiary/aromatic N) is 2. The number of benzene rings is 1. The van der Waals surface area contributed by atoms with Gasteiger partial charge in [-0.15, -0.1) is 0 Å². The lowest BCUT2D eigenvalue weighted by Crippen LogP contribution is -2.28. The van der Waals surface area contributed by atoms with Crippen LogP contribution in [0.1, 0.15) is 30.4 Å². The van der Waals surface area contributed by atoms with Gasteiger partial charge in [0.15, 0.2) is 0 Å². The minimum Gasteiger partial charge on any atom is -0.303 e. The topological polar surface area (TPSA) is 52.0 Å². The molecule has 2 aromatic rings. The molecule has 0 aliphatic carbocycles. The first-order valence-electron chi connectivity index (χ1n) is 6.41. The Morgan fingerprint density at radius 3 is 2.85 bits per heavy atom. The van der Waals surface area contributed by atoms with Gasteiger partial charge in [0.25, 0.3) is 5.56 Å². The van der Waals surface area contributed by atoms with E-state index in [9.17, 15) is 9.59 Å². The second kappa shape index (κ2) is 6.61. The van der Waals surface area contributed by atoms with E-state index in [1.807, 2.05) is 31.2 Å². The second-order valence-corrected chi connectivity index (χ2v) is 5.45. The first kappa shape index (κ1) is 14.7. The monoisotopic (exact) mass is 334 g/mol. The van der Waals surface area contributed by atoms with Crippen molar-refractivity contribution >= 4 is 22.2 Å². The Balaban J connectivity index is 2.36. The number of carbonyl (C=O) groups excluding carboxylic acids is 1. The number of rotatable bonds is 5. The molecule has 0 fully saturated rings. The molecule has 20 heavy (non-hydrogen) atoms. The minimum absolute atomic E-state index is 0.202. The van der Waals surface area contributed by atoms with E-state index in [2.05, 4.69) is 21.0 Å². The summed E-state index contributed by atoms with van der Waals surface area (Å²) in [7, 11) is 0. The van der Waals surface area contributed by atoms with Crippen LogP contribution in [0.3, 0.4) is 0 Å². The Morgan fingerprint density at radius 2 is 2.20 bits per heavy atom. The summed E-state index contributed by atoms with van der Waals surface area (Å²) >= 11 is 3.40. The van der Waals surface area contributed by atoms with Gasteiger partial charge in [-0.2, -0.15) is 5.10 Å². The first-order valence-corrected chi connectivity index (χ1v) is 7.20. The molecule has 0 aliphatic rings. The second-order valence-electron chi connectivity index (χ2n) is 4.53. The Bertz CT molecular complexity index is 667. The van der Waals surface area contributed by atoms with Crippen LogP contribution in [-0.2, 0) is 11.3 Å². The zero-order valence-corrected chi connectivity index (χ0v) is 12.7. The average molecular weight is 335 g/mol. The maximum absolute atomic E-state index is 12.3. The van der Waals surface area contributed by atoms with Gasteiger partial charge in [0.05, 0.1) is 6.54 Å². The summed E-state index contributed by atoms with van der Waals surface area (Å²) in [6.07, 6.45) is 3.00. The van der Waals surface area contributed by atoms with Crippen molar-refractivity contribution in [3.05, 3.63) is 62.5 Å². The molecule has 0 spiro atoms. The lowest BCUT2D eigenvalue weighted by atomic mass is 10.0. The number of halogens is 1. The van der Waals surface area contributed by atoms with Crippen LogP contribution in [-0.4, -0.2) is 16.1 Å². The van der Waals surface area contributed by atoms with Crippen molar-refractivity contribution in [3.8, 4) is 0 Å². The quantitative estimate of drug-likeness (QED) is 0.790. The molecular formula is C15H15BrN2O2. The largest absolute Gasteiger partial charge is 0.303 e. The molecule has 0 aliphatic heterocycles. The van der Waals surface area contributed by atoms with Gasteiger partial charge in [-0.3, -0.25) is 4.79 Å². The highest BCUT2D eigenvalue weighted by Crippen LogP contribution is 2.14. The van der Waals surface area contributed by atoms with Gasteiger partial charge in [0.1, 0.15) is 6.29 Å². The van der Waals surface area contributed by atoms with Crippen LogP contribution in [0.2, 0.25) is 0 Å². The molecular weight excluding hydrogens is 320 g/mol. The van der Waals surface area contributed by atoms with E-state index in [4.69, 9.17) is 0 Å². The molecule has 0 saturated carbocycles. The summed E-state index contributed by atoms with van der Waals surface area (Å²) in [4.78, 5) is 23.4. The molecule has 0 bridgehead atoms. The van der Waals surface area contributed by atoms with E-state index in [1.165, 1.54) is 4.68 Å². The van der Waals surface area contributed by atoms with Crippen LogP contribution in [0, 0.1) is 0 Å². The molecule has 4 nitrogen and oxygen atoms in total. The van der Waals surface area contributed by atoms with Crippen molar-refractivity contribution in [1.29, 1.82) is 0 Å². The van der Waals surface area contributed by atoms with Gasteiger partial charge in [-0.1, -0.05) is 35.0 Å². The highest BCUT2D eigenvalue weighted by Gasteiger charge is 2.14. The van der Waals surface area contributed by atoms with Gasteiger partial charge in [0, 0.05) is 22.2 Å². The zero-order valence-electron chi connectivity index (χ0n) is 11.1. The fraction of sp³-hybridized carbons (Fsp3) is 0.267. The highest BCUT2D eigenvalue weighted by atomic mass is 79.9. The molecule has 1 aromatic heterocycles. The van der Waals surface area contributed by atoms with Crippen LogP contribution in [0.5, 0.6) is 0 Å². The molecule has 5 heteroatoms. The van der Waals surface area contributed by atoms with Crippen LogP contribution >= 0.6 is 15.9 Å². The Hall–Kier alpha value is -1.75. The highest BCUT2D eigenvalue weighted by molar-refractivity contribution is 9.10. The van der Waals surface area contributed by atoms with Crippen molar-refractivity contribution in [2.75, 3.05) is 0 Å². The number of hydrogen-bond acceptors (Lipinski definition) is 3. The van der Waals surface area contributed by atoms with Crippen molar-refractivity contribution < 1.29 is 4.79 Å². The van der Waals surface area contributed by atoms with E-state index >= 15 is 0 Å². The Morgan fingerprint density at radius 1 is 1.40 bits per heavy atom. The van der Waals surface area contributed by atoms with E-state index < -0.39 is 0 Å². The summed E-state index contributed by atoms with van der Waals surface area (Å²) in [5.41, 5.74) is 1.28. The van der Waals surface area contributed by atoms with Crippen LogP contribution < -0.4 is 5.56 Å². The van der Waals surface area contributed by atoms with E-state index in [1.54, 1.807) is 12.3 Å². The molecule has 104 valence electrons. The van der Waals surface area contributed by atoms with Gasteiger partial charge < -0.3 is 4.79 Å². The lowest BCUT2D eigenvalue weighted by molar-refractivity contribution is -0.109. The van der Waals surface area contributed by atoms with Crippen molar-refractivity contribution in [3.63, 3.8) is 0 Å². The maximum Gasteiger partial charge on any atom is 0.270 e. The standard InChI is InChI=1S/C15H15BrN2O2/c1-2-12(10-19)14-6-7-17-18(15(14)20)9-11-4-3-5-13(16)8-11/h3-8,10,12H,2,9H2,1H3. The summed E-state index contributed by atoms with van der Waals surface area (Å²) in [5.74, 6) is -0.362. The molecule has 0 amide bonds. The SMILES string of the molecule is CCC(C=O)c1ccnn(Cc2cccc(Br)c2)c1=O. The number of hydrogen-bond donors (Lipinski definition) is 0. The van der Waals surface area contributed by atoms with Gasteiger partial charge >= 0.3 is 0 Å². The minimum atomic E-state index is -0.362. The molecule has 2 rings (SSSR count). The van der Waals surface area contributed by atoms with Crippen molar-refractivity contribution in [1.82, 2.24) is 9.78 Å². The maximum atomic E-state index is 12.3. The smallest absolute Gasteiger partial charge is 0.270 e. The van der Waals surface area contributed by atoms with Gasteiger partial charge in [-0.05, 0) is 30.2 Å². The predicted molar refractivity (Wildman–Crippen MR) is 80.8 cm³/mol. The zero-order chi connectivity index (χ0) is 14.5. The van der Waals surface area contributed by atoms with Crippen LogP contribution in [0.15, 0.2) is 45.8 Å². The number of aldehydes is 1. The third-order valence-corrected chi connectivity index (χ3v) is 3.66. The fourth-order valence-corrected chi connectivity index (χ4v) is 2.51. The predicted octanol–water partition coefficient (Wildman–Crippen LogP) is 2.75. The van der Waals surface area contributed by atoms with E-state index in [-0.39, 0.29) is 11.5 Å². The molecule has 1 heterocycles. The Kier molecular flexibility index (Phi) is 4.84. The fourth-order valence-electron chi connectivity index (χ4n) is 2.06. The average Bonchev–Trinajstić information content (AvgIpc) is 2.44. The summed E-state index contributed by atoms with van der Waals surface area (Å²) in [6, 6.07) is 9.34. The van der Waals surface area contributed by atoms with E-state index in [0.717, 1.165) is 16.3 Å². The normalized spacial score (nSPS) is 12.1. The summed E-state index contributed by atoms with van der Waals surface area (Å²) < 4.78 is 2.35. The van der Waals surface area contributed by atoms with Crippen LogP contribution in [0.4, 0.5) is 0 Å². The molecule has 1 aromatic carbocycles. The number of carbonyl (C=O) groups is 1. The van der Waals surface area contributed by atoms with Gasteiger partial charge in [0.2, 0.25) is 0 Å². The molecule has 1 atom stereocenters. The third kappa shape index (κ3) is 3.22. The molecule has 0 radical (unpaired) electrons. The van der Waals surface area contributed by atoms with Crippen molar-refractivity contribution in [2.45, 2.75) is 25.8 Å². The first-order chi connectivity index (χ1) is 9.65. The molecule has 0 saturated heterocycles. The van der Waals surface area contributed by atoms with Crippen LogP contribution in [0.25, 0.3) is 0 Å². The van der Waals surface area contributed by atoms with E-state index in [0.29, 0.717) is 18.5 Å².